The Labute approximate surface area is 141 Å². The highest BCUT2D eigenvalue weighted by molar-refractivity contribution is 5.96. The molecule has 1 aliphatic rings. The lowest BCUT2D eigenvalue weighted by Gasteiger charge is -2.21. The van der Waals surface area contributed by atoms with Crippen LogP contribution in [0.4, 0.5) is 18.9 Å². The molecule has 134 valence electrons. The van der Waals surface area contributed by atoms with Crippen molar-refractivity contribution in [2.75, 3.05) is 12.3 Å². The van der Waals surface area contributed by atoms with Crippen LogP contribution in [0.15, 0.2) is 18.2 Å². The number of amides is 1. The number of carbonyl (C=O) groups is 2. The zero-order chi connectivity index (χ0) is 18.7. The van der Waals surface area contributed by atoms with E-state index in [4.69, 9.17) is 15.7 Å². The smallest absolute Gasteiger partial charge is 0.416 e. The van der Waals surface area contributed by atoms with E-state index in [-0.39, 0.29) is 5.56 Å². The number of alkyl halides is 3. The minimum absolute atomic E-state index is 0.267. The molecule has 0 radical (unpaired) electrons. The predicted octanol–water partition coefficient (Wildman–Crippen LogP) is 2.40. The molecule has 0 spiro atoms. The van der Waals surface area contributed by atoms with Gasteiger partial charge < -0.3 is 15.8 Å². The third kappa shape index (κ3) is 4.41. The van der Waals surface area contributed by atoms with E-state index in [0.29, 0.717) is 25.0 Å². The van der Waals surface area contributed by atoms with E-state index in [1.54, 1.807) is 0 Å². The molecule has 6 nitrogen and oxygen atoms in total. The van der Waals surface area contributed by atoms with Gasteiger partial charge in [0.15, 0.2) is 6.61 Å². The van der Waals surface area contributed by atoms with E-state index >= 15 is 0 Å². The molecule has 0 aliphatic heterocycles. The number of hydrogen-bond acceptors (Lipinski definition) is 5. The average molecular weight is 355 g/mol. The molecule has 0 unspecified atom stereocenters. The largest absolute Gasteiger partial charge is 0.452 e. The number of halogens is 3. The van der Waals surface area contributed by atoms with E-state index in [9.17, 15) is 22.8 Å². The van der Waals surface area contributed by atoms with Gasteiger partial charge in [0.1, 0.15) is 5.54 Å². The van der Waals surface area contributed by atoms with Crippen molar-refractivity contribution in [3.8, 4) is 6.07 Å². The summed E-state index contributed by atoms with van der Waals surface area (Å²) in [7, 11) is 0. The summed E-state index contributed by atoms with van der Waals surface area (Å²) in [5.41, 5.74) is 2.85. The lowest BCUT2D eigenvalue weighted by atomic mass is 10.00. The standard InChI is InChI=1S/C16H16F3N3O3/c17-16(18,19)10-3-4-11(12(21)7-10)14(24)25-8-13(23)22-15(9-20)5-1-2-6-15/h3-4,7H,1-2,5-6,8,21H2,(H,22,23). The number of nitrogen functional groups attached to an aromatic ring is 1. The summed E-state index contributed by atoms with van der Waals surface area (Å²) in [6, 6.07) is 4.28. The molecule has 0 heterocycles. The number of anilines is 1. The lowest BCUT2D eigenvalue weighted by molar-refractivity contribution is -0.137. The van der Waals surface area contributed by atoms with Crippen LogP contribution in [0.25, 0.3) is 0 Å². The second-order valence-corrected chi connectivity index (χ2v) is 5.83. The van der Waals surface area contributed by atoms with Crippen molar-refractivity contribution in [1.82, 2.24) is 5.32 Å². The van der Waals surface area contributed by atoms with Gasteiger partial charge in [-0.15, -0.1) is 0 Å². The number of nitrogens with one attached hydrogen (secondary N) is 1. The van der Waals surface area contributed by atoms with Crippen molar-refractivity contribution in [1.29, 1.82) is 5.26 Å². The van der Waals surface area contributed by atoms with Gasteiger partial charge in [-0.05, 0) is 43.9 Å². The molecule has 0 aromatic heterocycles. The number of esters is 1. The maximum absolute atomic E-state index is 12.6. The highest BCUT2D eigenvalue weighted by Crippen LogP contribution is 2.31. The van der Waals surface area contributed by atoms with Gasteiger partial charge in [0.2, 0.25) is 0 Å². The van der Waals surface area contributed by atoms with Gasteiger partial charge in [-0.25, -0.2) is 4.79 Å². The molecule has 1 aromatic carbocycles. The predicted molar refractivity (Wildman–Crippen MR) is 81.1 cm³/mol. The zero-order valence-electron chi connectivity index (χ0n) is 13.2. The van der Waals surface area contributed by atoms with Crippen molar-refractivity contribution in [3.05, 3.63) is 29.3 Å². The summed E-state index contributed by atoms with van der Waals surface area (Å²) in [6.07, 6.45) is -1.90. The Morgan fingerprint density at radius 2 is 1.96 bits per heavy atom. The van der Waals surface area contributed by atoms with Crippen LogP contribution in [0.5, 0.6) is 0 Å². The summed E-state index contributed by atoms with van der Waals surface area (Å²) in [5.74, 6) is -1.67. The minimum Gasteiger partial charge on any atom is -0.452 e. The molecule has 2 rings (SSSR count). The van der Waals surface area contributed by atoms with Crippen molar-refractivity contribution in [2.45, 2.75) is 37.4 Å². The first-order valence-electron chi connectivity index (χ1n) is 7.53. The Bertz CT molecular complexity index is 720. The fourth-order valence-corrected chi connectivity index (χ4v) is 2.68. The number of carbonyl (C=O) groups excluding carboxylic acids is 2. The number of benzene rings is 1. The second kappa shape index (κ2) is 7.01. The maximum atomic E-state index is 12.6. The van der Waals surface area contributed by atoms with E-state index in [2.05, 4.69) is 11.4 Å². The molecule has 1 saturated carbocycles. The molecule has 3 N–H and O–H groups in total. The molecule has 1 fully saturated rings. The zero-order valence-corrected chi connectivity index (χ0v) is 13.2. The van der Waals surface area contributed by atoms with Crippen molar-refractivity contribution < 1.29 is 27.5 Å². The molecular formula is C16H16F3N3O3. The van der Waals surface area contributed by atoms with Gasteiger partial charge in [-0.2, -0.15) is 18.4 Å². The Kier molecular flexibility index (Phi) is 5.21. The van der Waals surface area contributed by atoms with E-state index in [1.165, 1.54) is 0 Å². The number of hydrogen-bond donors (Lipinski definition) is 2. The highest BCUT2D eigenvalue weighted by atomic mass is 19.4. The number of nitrogens with zero attached hydrogens (tertiary/aromatic N) is 1. The van der Waals surface area contributed by atoms with Crippen LogP contribution < -0.4 is 11.1 Å². The Morgan fingerprint density at radius 1 is 1.32 bits per heavy atom. The molecule has 25 heavy (non-hydrogen) atoms. The fourth-order valence-electron chi connectivity index (χ4n) is 2.68. The molecule has 0 bridgehead atoms. The third-order valence-electron chi connectivity index (χ3n) is 3.98. The second-order valence-electron chi connectivity index (χ2n) is 5.83. The molecular weight excluding hydrogens is 339 g/mol. The first-order valence-corrected chi connectivity index (χ1v) is 7.53. The topological polar surface area (TPSA) is 105 Å². The van der Waals surface area contributed by atoms with Gasteiger partial charge in [0.05, 0.1) is 17.2 Å². The van der Waals surface area contributed by atoms with Gasteiger partial charge in [0.25, 0.3) is 5.91 Å². The van der Waals surface area contributed by atoms with Crippen LogP contribution in [0, 0.1) is 11.3 Å². The highest BCUT2D eigenvalue weighted by Gasteiger charge is 2.35. The number of nitriles is 1. The first kappa shape index (κ1) is 18.6. The molecule has 1 amide bonds. The number of ether oxygens (including phenoxy) is 1. The van der Waals surface area contributed by atoms with Crippen LogP contribution in [-0.4, -0.2) is 24.0 Å². The van der Waals surface area contributed by atoms with Gasteiger partial charge in [-0.1, -0.05) is 0 Å². The van der Waals surface area contributed by atoms with Gasteiger partial charge >= 0.3 is 12.1 Å². The lowest BCUT2D eigenvalue weighted by Crippen LogP contribution is -2.46. The van der Waals surface area contributed by atoms with E-state index < -0.39 is 41.4 Å². The quantitative estimate of drug-likeness (QED) is 0.637. The summed E-state index contributed by atoms with van der Waals surface area (Å²) < 4.78 is 42.5. The number of rotatable bonds is 4. The van der Waals surface area contributed by atoms with Crippen molar-refractivity contribution >= 4 is 17.6 Å². The molecule has 1 aliphatic carbocycles. The third-order valence-corrected chi connectivity index (χ3v) is 3.98. The monoisotopic (exact) mass is 355 g/mol. The van der Waals surface area contributed by atoms with Crippen LogP contribution in [0.1, 0.15) is 41.6 Å². The van der Waals surface area contributed by atoms with Crippen molar-refractivity contribution in [3.63, 3.8) is 0 Å². The summed E-state index contributed by atoms with van der Waals surface area (Å²) in [5, 5.41) is 11.7. The molecule has 1 aromatic rings. The fraction of sp³-hybridized carbons (Fsp3) is 0.438. The Morgan fingerprint density at radius 3 is 2.48 bits per heavy atom. The Hall–Kier alpha value is -2.76. The van der Waals surface area contributed by atoms with E-state index in [0.717, 1.165) is 18.9 Å². The van der Waals surface area contributed by atoms with Gasteiger partial charge in [0, 0.05) is 5.69 Å². The van der Waals surface area contributed by atoms with Crippen LogP contribution in [0.2, 0.25) is 0 Å². The normalized spacial score (nSPS) is 16.1. The first-order chi connectivity index (χ1) is 11.7. The minimum atomic E-state index is -4.58. The number of nitrogens with two attached hydrogens (primary N) is 1. The molecule has 0 atom stereocenters. The van der Waals surface area contributed by atoms with E-state index in [1.807, 2.05) is 0 Å². The van der Waals surface area contributed by atoms with Crippen LogP contribution in [0.3, 0.4) is 0 Å². The summed E-state index contributed by atoms with van der Waals surface area (Å²) >= 11 is 0. The summed E-state index contributed by atoms with van der Waals surface area (Å²) in [6.45, 7) is -0.650. The van der Waals surface area contributed by atoms with Crippen molar-refractivity contribution in [2.24, 2.45) is 0 Å². The Balaban J connectivity index is 1.96. The average Bonchev–Trinajstić information content (AvgIpc) is 3.00. The van der Waals surface area contributed by atoms with Crippen LogP contribution in [-0.2, 0) is 15.7 Å². The maximum Gasteiger partial charge on any atom is 0.416 e. The van der Waals surface area contributed by atoms with Gasteiger partial charge in [-0.3, -0.25) is 4.79 Å². The molecule has 9 heteroatoms. The molecule has 0 saturated heterocycles. The van der Waals surface area contributed by atoms with Crippen LogP contribution >= 0.6 is 0 Å². The summed E-state index contributed by atoms with van der Waals surface area (Å²) in [4.78, 5) is 23.7. The SMILES string of the molecule is N#CC1(NC(=O)COC(=O)c2ccc(C(F)(F)F)cc2N)CCCC1.